The number of halogens is 2. The molecule has 1 atom stereocenters. The second-order valence-electron chi connectivity index (χ2n) is 2.38. The lowest BCUT2D eigenvalue weighted by molar-refractivity contribution is 0.0996. The van der Waals surface area contributed by atoms with E-state index in [1.807, 2.05) is 0 Å². The van der Waals surface area contributed by atoms with Gasteiger partial charge in [0.25, 0.3) is 5.91 Å². The zero-order valence-electron chi connectivity index (χ0n) is 6.66. The standard InChI is InChI=1S/C7H5BrFNO3S/c8-4-2-5(9)3(7(10)11)1-6(4)14(12)13/h1-2H,(H2,10,11)(H,12,13). The van der Waals surface area contributed by atoms with Gasteiger partial charge in [-0.25, -0.2) is 8.60 Å². The number of primary amides is 1. The summed E-state index contributed by atoms with van der Waals surface area (Å²) in [5.41, 5.74) is 4.45. The molecule has 14 heavy (non-hydrogen) atoms. The summed E-state index contributed by atoms with van der Waals surface area (Å²) in [6, 6.07) is 1.86. The van der Waals surface area contributed by atoms with Gasteiger partial charge < -0.3 is 10.3 Å². The summed E-state index contributed by atoms with van der Waals surface area (Å²) in [4.78, 5) is 10.6. The molecule has 1 aromatic carbocycles. The van der Waals surface area contributed by atoms with Gasteiger partial charge in [-0.3, -0.25) is 4.79 Å². The van der Waals surface area contributed by atoms with Crippen LogP contribution in [-0.4, -0.2) is 14.7 Å². The molecule has 3 N–H and O–H groups in total. The van der Waals surface area contributed by atoms with Crippen LogP contribution in [0.2, 0.25) is 0 Å². The van der Waals surface area contributed by atoms with E-state index in [0.717, 1.165) is 12.1 Å². The van der Waals surface area contributed by atoms with E-state index >= 15 is 0 Å². The van der Waals surface area contributed by atoms with Crippen LogP contribution in [0.1, 0.15) is 10.4 Å². The van der Waals surface area contributed by atoms with Gasteiger partial charge in [-0.05, 0) is 28.1 Å². The fourth-order valence-corrected chi connectivity index (χ4v) is 2.03. The van der Waals surface area contributed by atoms with E-state index in [2.05, 4.69) is 15.9 Å². The zero-order chi connectivity index (χ0) is 10.9. The summed E-state index contributed by atoms with van der Waals surface area (Å²) in [7, 11) is 0. The van der Waals surface area contributed by atoms with Gasteiger partial charge in [0.15, 0.2) is 11.1 Å². The highest BCUT2D eigenvalue weighted by atomic mass is 79.9. The molecule has 0 radical (unpaired) electrons. The van der Waals surface area contributed by atoms with E-state index in [4.69, 9.17) is 10.3 Å². The maximum Gasteiger partial charge on any atom is 0.251 e. The first-order chi connectivity index (χ1) is 6.43. The van der Waals surface area contributed by atoms with E-state index in [1.54, 1.807) is 0 Å². The lowest BCUT2D eigenvalue weighted by Gasteiger charge is -2.03. The minimum Gasteiger partial charge on any atom is -0.366 e. The van der Waals surface area contributed by atoms with E-state index in [0.29, 0.717) is 0 Å². The third-order valence-electron chi connectivity index (χ3n) is 1.48. The van der Waals surface area contributed by atoms with Crippen LogP contribution in [0, 0.1) is 5.82 Å². The Labute approximate surface area is 89.7 Å². The number of hydrogen-bond donors (Lipinski definition) is 2. The van der Waals surface area contributed by atoms with Gasteiger partial charge >= 0.3 is 0 Å². The van der Waals surface area contributed by atoms with E-state index in [9.17, 15) is 13.4 Å². The smallest absolute Gasteiger partial charge is 0.251 e. The fraction of sp³-hybridized carbons (Fsp3) is 0. The Kier molecular flexibility index (Phi) is 3.35. The van der Waals surface area contributed by atoms with Crippen molar-refractivity contribution in [1.82, 2.24) is 0 Å². The molecule has 0 saturated carbocycles. The molecule has 1 rings (SSSR count). The van der Waals surface area contributed by atoms with Crippen LogP contribution in [-0.2, 0) is 11.1 Å². The second-order valence-corrected chi connectivity index (χ2v) is 4.17. The van der Waals surface area contributed by atoms with Gasteiger partial charge in [0.2, 0.25) is 0 Å². The van der Waals surface area contributed by atoms with Crippen molar-refractivity contribution in [3.8, 4) is 0 Å². The molecular weight excluding hydrogens is 277 g/mol. The van der Waals surface area contributed by atoms with Gasteiger partial charge in [0, 0.05) is 4.47 Å². The molecule has 76 valence electrons. The molecule has 0 bridgehead atoms. The summed E-state index contributed by atoms with van der Waals surface area (Å²) in [6.45, 7) is 0. The predicted octanol–water partition coefficient (Wildman–Crippen LogP) is 1.27. The third kappa shape index (κ3) is 2.17. The Morgan fingerprint density at radius 1 is 1.57 bits per heavy atom. The van der Waals surface area contributed by atoms with Crippen molar-refractivity contribution in [3.05, 3.63) is 28.0 Å². The van der Waals surface area contributed by atoms with Gasteiger partial charge in [-0.15, -0.1) is 0 Å². The average Bonchev–Trinajstić information content (AvgIpc) is 2.02. The Morgan fingerprint density at radius 2 is 2.14 bits per heavy atom. The van der Waals surface area contributed by atoms with Crippen molar-refractivity contribution >= 4 is 32.9 Å². The number of carbonyl (C=O) groups is 1. The maximum atomic E-state index is 13.0. The molecule has 0 aliphatic heterocycles. The quantitative estimate of drug-likeness (QED) is 0.801. The number of benzene rings is 1. The Morgan fingerprint density at radius 3 is 2.57 bits per heavy atom. The number of nitrogens with two attached hydrogens (primary N) is 1. The molecule has 1 amide bonds. The number of carbonyl (C=O) groups excluding carboxylic acids is 1. The van der Waals surface area contributed by atoms with Gasteiger partial charge in [0.1, 0.15) is 5.82 Å². The molecule has 1 unspecified atom stereocenters. The van der Waals surface area contributed by atoms with Crippen molar-refractivity contribution < 1.29 is 17.9 Å². The molecular formula is C7H5BrFNO3S. The van der Waals surface area contributed by atoms with E-state index < -0.39 is 28.4 Å². The third-order valence-corrected chi connectivity index (χ3v) is 3.11. The summed E-state index contributed by atoms with van der Waals surface area (Å²) >= 11 is 0.589. The molecule has 4 nitrogen and oxygen atoms in total. The van der Waals surface area contributed by atoms with Crippen LogP contribution in [0.3, 0.4) is 0 Å². The first-order valence-electron chi connectivity index (χ1n) is 3.33. The molecule has 0 heterocycles. The summed E-state index contributed by atoms with van der Waals surface area (Å²) in [6.07, 6.45) is 0. The van der Waals surface area contributed by atoms with E-state index in [1.165, 1.54) is 0 Å². The lowest BCUT2D eigenvalue weighted by atomic mass is 10.2. The van der Waals surface area contributed by atoms with Gasteiger partial charge in [-0.2, -0.15) is 0 Å². The Hall–Kier alpha value is -0.790. The monoisotopic (exact) mass is 281 g/mol. The largest absolute Gasteiger partial charge is 0.366 e. The highest BCUT2D eigenvalue weighted by Gasteiger charge is 2.15. The molecule has 7 heteroatoms. The topological polar surface area (TPSA) is 80.4 Å². The minimum atomic E-state index is -2.30. The summed E-state index contributed by atoms with van der Waals surface area (Å²) < 4.78 is 32.6. The number of amides is 1. The SMILES string of the molecule is NC(=O)c1cc(S(=O)O)c(Br)cc1F. The van der Waals surface area contributed by atoms with Crippen LogP contribution < -0.4 is 5.73 Å². The lowest BCUT2D eigenvalue weighted by Crippen LogP contribution is -2.14. The molecule has 0 spiro atoms. The van der Waals surface area contributed by atoms with Crippen molar-refractivity contribution in [3.63, 3.8) is 0 Å². The maximum absolute atomic E-state index is 13.0. The van der Waals surface area contributed by atoms with Crippen molar-refractivity contribution in [2.24, 2.45) is 5.73 Å². The van der Waals surface area contributed by atoms with Crippen LogP contribution in [0.15, 0.2) is 21.5 Å². The van der Waals surface area contributed by atoms with E-state index in [-0.39, 0.29) is 9.37 Å². The second kappa shape index (κ2) is 4.16. The van der Waals surface area contributed by atoms with Gasteiger partial charge in [-0.1, -0.05) is 0 Å². The first-order valence-corrected chi connectivity index (χ1v) is 5.23. The molecule has 0 aliphatic carbocycles. The van der Waals surface area contributed by atoms with Crippen LogP contribution >= 0.6 is 15.9 Å². The molecule has 1 aromatic rings. The first kappa shape index (κ1) is 11.3. The number of rotatable bonds is 2. The zero-order valence-corrected chi connectivity index (χ0v) is 9.06. The van der Waals surface area contributed by atoms with Crippen molar-refractivity contribution in [1.29, 1.82) is 0 Å². The summed E-state index contributed by atoms with van der Waals surface area (Å²) in [5.74, 6) is -1.82. The molecule has 0 fully saturated rings. The van der Waals surface area contributed by atoms with Crippen LogP contribution in [0.25, 0.3) is 0 Å². The number of hydrogen-bond acceptors (Lipinski definition) is 2. The average molecular weight is 282 g/mol. The Balaban J connectivity index is 3.42. The highest BCUT2D eigenvalue weighted by Crippen LogP contribution is 2.23. The van der Waals surface area contributed by atoms with Crippen LogP contribution in [0.4, 0.5) is 4.39 Å². The molecule has 0 saturated heterocycles. The fourth-order valence-electron chi connectivity index (χ4n) is 0.852. The predicted molar refractivity (Wildman–Crippen MR) is 51.7 cm³/mol. The van der Waals surface area contributed by atoms with Crippen LogP contribution in [0.5, 0.6) is 0 Å². The van der Waals surface area contributed by atoms with Crippen molar-refractivity contribution in [2.45, 2.75) is 4.90 Å². The molecule has 0 aromatic heterocycles. The normalized spacial score (nSPS) is 12.5. The minimum absolute atomic E-state index is 0.0970. The summed E-state index contributed by atoms with van der Waals surface area (Å²) in [5, 5.41) is 0. The molecule has 0 aliphatic rings. The highest BCUT2D eigenvalue weighted by molar-refractivity contribution is 9.10. The van der Waals surface area contributed by atoms with Gasteiger partial charge in [0.05, 0.1) is 10.5 Å². The Bertz CT molecular complexity index is 388. The van der Waals surface area contributed by atoms with Crippen molar-refractivity contribution in [2.75, 3.05) is 0 Å².